The predicted molar refractivity (Wildman–Crippen MR) is 192 cm³/mol. The fraction of sp³-hybridized carbons (Fsp3) is 0.323. The third-order valence-corrected chi connectivity index (χ3v) is 8.17. The number of hydrogen-bond acceptors (Lipinski definition) is 6. The van der Waals surface area contributed by atoms with Gasteiger partial charge in [-0.05, 0) is 107 Å². The van der Waals surface area contributed by atoms with E-state index in [2.05, 4.69) is 4.99 Å². The highest BCUT2D eigenvalue weighted by molar-refractivity contribution is 14.1. The average molecular weight is 859 g/mol. The van der Waals surface area contributed by atoms with Crippen LogP contribution in [0.2, 0.25) is 0 Å². The summed E-state index contributed by atoms with van der Waals surface area (Å²) in [6, 6.07) is 11.3. The first-order chi connectivity index (χ1) is 21.9. The minimum Gasteiger partial charge on any atom is -0.385 e. The number of anilines is 1. The van der Waals surface area contributed by atoms with Crippen molar-refractivity contribution in [3.05, 3.63) is 109 Å². The predicted octanol–water partition coefficient (Wildman–Crippen LogP) is 4.99. The summed E-state index contributed by atoms with van der Waals surface area (Å²) in [7, 11) is 3.53. The maximum absolute atomic E-state index is 14.4. The number of rotatable bonds is 6. The van der Waals surface area contributed by atoms with E-state index in [-0.39, 0.29) is 35.1 Å². The van der Waals surface area contributed by atoms with Crippen LogP contribution in [-0.4, -0.2) is 43.6 Å². The van der Waals surface area contributed by atoms with Crippen molar-refractivity contribution in [2.45, 2.75) is 51.6 Å². The van der Waals surface area contributed by atoms with Gasteiger partial charge in [0.15, 0.2) is 0 Å². The molecule has 2 aliphatic carbocycles. The number of hydrogen-bond donors (Lipinski definition) is 1. The molecule has 2 N–H and O–H groups in total. The van der Waals surface area contributed by atoms with Crippen LogP contribution in [0.1, 0.15) is 51.6 Å². The van der Waals surface area contributed by atoms with Crippen molar-refractivity contribution in [2.24, 2.45) is 4.99 Å². The van der Waals surface area contributed by atoms with Crippen LogP contribution in [0.3, 0.4) is 0 Å². The zero-order valence-corrected chi connectivity index (χ0v) is 29.9. The molecule has 2 aromatic heterocycles. The highest BCUT2D eigenvalue weighted by Crippen LogP contribution is 2.33. The molecule has 2 heterocycles. The van der Waals surface area contributed by atoms with Crippen LogP contribution in [0.15, 0.2) is 72.7 Å². The van der Waals surface area contributed by atoms with Gasteiger partial charge in [0.25, 0.3) is 11.1 Å². The molecule has 0 spiro atoms. The molecule has 2 aromatic carbocycles. The van der Waals surface area contributed by atoms with Gasteiger partial charge in [-0.15, -0.1) is 0 Å². The van der Waals surface area contributed by atoms with Gasteiger partial charge < -0.3 is 10.6 Å². The molecule has 2 saturated carbocycles. The van der Waals surface area contributed by atoms with Crippen LogP contribution >= 0.6 is 45.2 Å². The number of aliphatic imine (C=N–C) groups is 1. The van der Waals surface area contributed by atoms with E-state index in [9.17, 15) is 28.0 Å². The molecule has 4 aromatic rings. The Hall–Kier alpha value is -3.61. The third-order valence-electron chi connectivity index (χ3n) is 6.83. The molecule has 2 fully saturated rings. The molecule has 6 rings (SSSR count). The number of nitrogens with zero attached hydrogens (tertiary/aromatic N) is 6. The second-order valence-corrected chi connectivity index (χ2v) is 13.1. The first kappa shape index (κ1) is 35.2. The van der Waals surface area contributed by atoms with Gasteiger partial charge in [-0.2, -0.15) is 0 Å². The second kappa shape index (κ2) is 14.9. The number of aromatic nitrogens is 4. The number of benzene rings is 2. The van der Waals surface area contributed by atoms with E-state index in [1.54, 1.807) is 31.1 Å². The van der Waals surface area contributed by atoms with Crippen LogP contribution in [0.5, 0.6) is 0 Å². The molecular weight excluding hydrogens is 826 g/mol. The Balaban J connectivity index is 0.000000201. The molecule has 11 nitrogen and oxygen atoms in total. The highest BCUT2D eigenvalue weighted by atomic mass is 127. The Morgan fingerprint density at radius 1 is 0.761 bits per heavy atom. The fourth-order valence-electron chi connectivity index (χ4n) is 4.52. The topological polar surface area (TPSA) is 130 Å². The number of halogens is 4. The monoisotopic (exact) mass is 859 g/mol. The average Bonchev–Trinajstić information content (AvgIpc) is 3.91. The summed E-state index contributed by atoms with van der Waals surface area (Å²) >= 11 is 3.98. The SMILES string of the molecule is CC.CN(C)C=Nc1cc(=O)n(C2CC2)c(=O)n1-c1ccc(I)cc1F.Nc1cc(=O)n(C2CC2)c(=O)n1-c1ccc(I)cc1F. The Bertz CT molecular complexity index is 2030. The Kier molecular flexibility index (Phi) is 11.4. The largest absolute Gasteiger partial charge is 0.385 e. The molecule has 0 aliphatic heterocycles. The maximum atomic E-state index is 14.4. The van der Waals surface area contributed by atoms with E-state index in [1.165, 1.54) is 41.2 Å². The standard InChI is InChI=1S/C16H16FIN4O2.C13H11FIN3O2.C2H6/c1-20(2)9-19-14-8-15(23)21(11-4-5-11)16(24)22(14)13-6-3-10(18)7-12(13)17;14-9-5-7(15)1-4-10(9)18-11(16)6-12(19)17(13(18)20)8-2-3-8;1-2/h3,6-9,11H,4-5H2,1-2H3;1,4-6,8H,2-3,16H2;1-2H3. The van der Waals surface area contributed by atoms with Crippen LogP contribution < -0.4 is 28.2 Å². The van der Waals surface area contributed by atoms with Gasteiger partial charge in [0, 0.05) is 45.5 Å². The summed E-state index contributed by atoms with van der Waals surface area (Å²) < 4.78 is 34.4. The minimum absolute atomic E-state index is 0.0577. The summed E-state index contributed by atoms with van der Waals surface area (Å²) in [5, 5.41) is 0. The van der Waals surface area contributed by atoms with E-state index in [0.29, 0.717) is 3.57 Å². The lowest BCUT2D eigenvalue weighted by Crippen LogP contribution is -2.39. The Morgan fingerprint density at radius 3 is 1.63 bits per heavy atom. The normalized spacial score (nSPS) is 13.9. The summed E-state index contributed by atoms with van der Waals surface area (Å²) in [5.74, 6) is -1.04. The van der Waals surface area contributed by atoms with Gasteiger partial charge in [0.2, 0.25) is 0 Å². The quantitative estimate of drug-likeness (QED) is 0.166. The van der Waals surface area contributed by atoms with Crippen molar-refractivity contribution in [1.82, 2.24) is 23.2 Å². The van der Waals surface area contributed by atoms with Gasteiger partial charge in [0.05, 0.1) is 17.7 Å². The Labute approximate surface area is 290 Å². The molecular formula is C31H33F2I2N7O4. The summed E-state index contributed by atoms with van der Waals surface area (Å²) in [4.78, 5) is 55.2. The maximum Gasteiger partial charge on any atom is 0.337 e. The molecule has 0 radical (unpaired) electrons. The molecule has 0 bridgehead atoms. The molecule has 15 heteroatoms. The summed E-state index contributed by atoms with van der Waals surface area (Å²) in [5.41, 5.74) is 3.89. The first-order valence-corrected chi connectivity index (χ1v) is 16.7. The molecule has 0 saturated heterocycles. The van der Waals surface area contributed by atoms with Crippen molar-refractivity contribution in [2.75, 3.05) is 19.8 Å². The molecule has 0 atom stereocenters. The van der Waals surface area contributed by atoms with Crippen molar-refractivity contribution in [3.63, 3.8) is 0 Å². The van der Waals surface area contributed by atoms with Crippen LogP contribution in [0, 0.1) is 18.8 Å². The summed E-state index contributed by atoms with van der Waals surface area (Å²) in [6.07, 6.45) is 4.61. The molecule has 0 unspecified atom stereocenters. The van der Waals surface area contributed by atoms with Gasteiger partial charge in [0.1, 0.15) is 23.3 Å². The molecule has 46 heavy (non-hydrogen) atoms. The van der Waals surface area contributed by atoms with E-state index < -0.39 is 34.1 Å². The fourth-order valence-corrected chi connectivity index (χ4v) is 5.43. The van der Waals surface area contributed by atoms with Gasteiger partial charge in [-0.1, -0.05) is 13.8 Å². The van der Waals surface area contributed by atoms with E-state index in [0.717, 1.165) is 49.0 Å². The zero-order valence-electron chi connectivity index (χ0n) is 25.6. The van der Waals surface area contributed by atoms with Crippen LogP contribution in [0.25, 0.3) is 11.4 Å². The lowest BCUT2D eigenvalue weighted by atomic mass is 10.3. The third kappa shape index (κ3) is 7.84. The van der Waals surface area contributed by atoms with Gasteiger partial charge in [-0.25, -0.2) is 32.5 Å². The van der Waals surface area contributed by atoms with Crippen molar-refractivity contribution in [3.8, 4) is 11.4 Å². The minimum atomic E-state index is -0.586. The highest BCUT2D eigenvalue weighted by Gasteiger charge is 2.30. The van der Waals surface area contributed by atoms with E-state index >= 15 is 0 Å². The molecule has 0 amide bonds. The van der Waals surface area contributed by atoms with Crippen LogP contribution in [0.4, 0.5) is 20.4 Å². The van der Waals surface area contributed by atoms with Gasteiger partial charge in [-0.3, -0.25) is 18.7 Å². The van der Waals surface area contributed by atoms with Crippen molar-refractivity contribution in [1.29, 1.82) is 0 Å². The smallest absolute Gasteiger partial charge is 0.337 e. The van der Waals surface area contributed by atoms with E-state index in [1.807, 2.05) is 59.0 Å². The van der Waals surface area contributed by atoms with Gasteiger partial charge >= 0.3 is 11.4 Å². The Morgan fingerprint density at radius 2 is 1.20 bits per heavy atom. The first-order valence-electron chi connectivity index (χ1n) is 14.5. The van der Waals surface area contributed by atoms with Crippen molar-refractivity contribution < 1.29 is 8.78 Å². The number of nitrogen functional groups attached to an aromatic ring is 1. The van der Waals surface area contributed by atoms with Crippen LogP contribution in [-0.2, 0) is 0 Å². The second-order valence-electron chi connectivity index (χ2n) is 10.6. The molecule has 2 aliphatic rings. The summed E-state index contributed by atoms with van der Waals surface area (Å²) in [6.45, 7) is 4.00. The number of nitrogens with two attached hydrogens (primary N) is 1. The van der Waals surface area contributed by atoms with E-state index in [4.69, 9.17) is 5.73 Å². The lowest BCUT2D eigenvalue weighted by Gasteiger charge is -2.14. The zero-order chi connectivity index (χ0) is 33.9. The lowest BCUT2D eigenvalue weighted by molar-refractivity contribution is 0.593. The van der Waals surface area contributed by atoms with Crippen molar-refractivity contribution >= 4 is 63.2 Å². The molecule has 244 valence electrons.